The second-order valence-corrected chi connectivity index (χ2v) is 6.64. The monoisotopic (exact) mass is 388 g/mol. The number of thiophene rings is 1. The number of aromatic nitrogens is 1. The van der Waals surface area contributed by atoms with Crippen LogP contribution >= 0.6 is 11.3 Å². The number of amides is 1. The van der Waals surface area contributed by atoms with E-state index < -0.39 is 5.97 Å². The van der Waals surface area contributed by atoms with Crippen molar-refractivity contribution < 1.29 is 23.8 Å². The number of fused-ring (bicyclic) bond motifs is 1. The third-order valence-electron chi connectivity index (χ3n) is 4.16. The Kier molecular flexibility index (Phi) is 5.66. The standard InChI is InChI=1S/C19H20N2O5S/c1-24-14-4-5-16(25-2)13(8-14)10-20-17(22)11-21-15(19(23)26-3)9-12-6-7-27-18(12)21/h4-9H,10-11H2,1-3H3,(H,20,22). The lowest BCUT2D eigenvalue weighted by molar-refractivity contribution is -0.121. The summed E-state index contributed by atoms with van der Waals surface area (Å²) in [5.41, 5.74) is 1.15. The number of rotatable bonds is 7. The van der Waals surface area contributed by atoms with Gasteiger partial charge in [0.25, 0.3) is 0 Å². The van der Waals surface area contributed by atoms with Gasteiger partial charge in [-0.15, -0.1) is 11.3 Å². The second-order valence-electron chi connectivity index (χ2n) is 5.74. The van der Waals surface area contributed by atoms with Crippen molar-refractivity contribution >= 4 is 33.4 Å². The molecule has 142 valence electrons. The molecule has 0 saturated heterocycles. The zero-order valence-electron chi connectivity index (χ0n) is 15.3. The molecule has 0 aliphatic carbocycles. The number of nitrogens with one attached hydrogen (secondary N) is 1. The maximum atomic E-state index is 12.5. The van der Waals surface area contributed by atoms with E-state index in [-0.39, 0.29) is 19.0 Å². The predicted octanol–water partition coefficient (Wildman–Crippen LogP) is 2.82. The van der Waals surface area contributed by atoms with Crippen molar-refractivity contribution in [3.8, 4) is 11.5 Å². The number of esters is 1. The van der Waals surface area contributed by atoms with Gasteiger partial charge in [0.05, 0.1) is 21.3 Å². The highest BCUT2D eigenvalue weighted by atomic mass is 32.1. The summed E-state index contributed by atoms with van der Waals surface area (Å²) in [7, 11) is 4.48. The Hall–Kier alpha value is -3.00. The maximum absolute atomic E-state index is 12.5. The molecule has 1 aromatic carbocycles. The minimum atomic E-state index is -0.472. The van der Waals surface area contributed by atoms with Crippen molar-refractivity contribution in [1.29, 1.82) is 0 Å². The van der Waals surface area contributed by atoms with Crippen LogP contribution in [0, 0.1) is 0 Å². The Bertz CT molecular complexity index is 976. The highest BCUT2D eigenvalue weighted by Crippen LogP contribution is 2.26. The highest BCUT2D eigenvalue weighted by Gasteiger charge is 2.19. The normalized spacial score (nSPS) is 10.6. The molecule has 0 bridgehead atoms. The number of carbonyl (C=O) groups is 2. The largest absolute Gasteiger partial charge is 0.497 e. The molecule has 0 saturated carbocycles. The molecule has 2 heterocycles. The molecule has 27 heavy (non-hydrogen) atoms. The van der Waals surface area contributed by atoms with Gasteiger partial charge in [0.15, 0.2) is 0 Å². The summed E-state index contributed by atoms with van der Waals surface area (Å²) in [4.78, 5) is 25.4. The van der Waals surface area contributed by atoms with Crippen LogP contribution in [0.4, 0.5) is 0 Å². The van der Waals surface area contributed by atoms with Crippen LogP contribution in [0.5, 0.6) is 11.5 Å². The summed E-state index contributed by atoms with van der Waals surface area (Å²) >= 11 is 1.47. The first-order valence-electron chi connectivity index (χ1n) is 8.20. The summed E-state index contributed by atoms with van der Waals surface area (Å²) in [6, 6.07) is 9.03. The van der Waals surface area contributed by atoms with Crippen LogP contribution in [0.15, 0.2) is 35.7 Å². The molecule has 7 nitrogen and oxygen atoms in total. The fourth-order valence-electron chi connectivity index (χ4n) is 2.82. The van der Waals surface area contributed by atoms with E-state index in [1.165, 1.54) is 18.4 Å². The van der Waals surface area contributed by atoms with E-state index in [9.17, 15) is 9.59 Å². The van der Waals surface area contributed by atoms with E-state index in [0.717, 1.165) is 15.8 Å². The van der Waals surface area contributed by atoms with Crippen molar-refractivity contribution in [3.05, 3.63) is 47.0 Å². The van der Waals surface area contributed by atoms with Gasteiger partial charge < -0.3 is 24.1 Å². The molecule has 0 fully saturated rings. The predicted molar refractivity (Wildman–Crippen MR) is 103 cm³/mol. The van der Waals surface area contributed by atoms with E-state index >= 15 is 0 Å². The lowest BCUT2D eigenvalue weighted by Crippen LogP contribution is -2.28. The van der Waals surface area contributed by atoms with Crippen LogP contribution < -0.4 is 14.8 Å². The van der Waals surface area contributed by atoms with Gasteiger partial charge in [-0.1, -0.05) is 0 Å². The molecule has 1 N–H and O–H groups in total. The molecule has 1 amide bonds. The molecular formula is C19H20N2O5S. The lowest BCUT2D eigenvalue weighted by atomic mass is 10.2. The number of hydrogen-bond donors (Lipinski definition) is 1. The average Bonchev–Trinajstić information content (AvgIpc) is 3.28. The van der Waals surface area contributed by atoms with Crippen molar-refractivity contribution in [2.24, 2.45) is 0 Å². The first kappa shape index (κ1) is 18.8. The van der Waals surface area contributed by atoms with Crippen molar-refractivity contribution in [3.63, 3.8) is 0 Å². The molecule has 2 aromatic heterocycles. The number of hydrogen-bond acceptors (Lipinski definition) is 6. The van der Waals surface area contributed by atoms with Crippen molar-refractivity contribution in [2.75, 3.05) is 21.3 Å². The molecule has 0 aliphatic heterocycles. The van der Waals surface area contributed by atoms with Crippen LogP contribution in [-0.2, 0) is 22.6 Å². The van der Waals surface area contributed by atoms with Gasteiger partial charge in [-0.3, -0.25) is 4.79 Å². The first-order valence-corrected chi connectivity index (χ1v) is 9.08. The Morgan fingerprint density at radius 3 is 2.63 bits per heavy atom. The van der Waals surface area contributed by atoms with E-state index in [2.05, 4.69) is 5.32 Å². The quantitative estimate of drug-likeness (QED) is 0.630. The van der Waals surface area contributed by atoms with Crippen LogP contribution in [0.3, 0.4) is 0 Å². The van der Waals surface area contributed by atoms with E-state index in [0.29, 0.717) is 17.2 Å². The molecule has 0 radical (unpaired) electrons. The first-order chi connectivity index (χ1) is 13.1. The van der Waals surface area contributed by atoms with Crippen molar-refractivity contribution in [2.45, 2.75) is 13.1 Å². The van der Waals surface area contributed by atoms with Crippen LogP contribution in [0.1, 0.15) is 16.1 Å². The number of methoxy groups -OCH3 is 3. The zero-order valence-corrected chi connectivity index (χ0v) is 16.1. The van der Waals surface area contributed by atoms with Crippen LogP contribution in [0.2, 0.25) is 0 Å². The fourth-order valence-corrected chi connectivity index (χ4v) is 3.72. The Morgan fingerprint density at radius 2 is 1.93 bits per heavy atom. The summed E-state index contributed by atoms with van der Waals surface area (Å²) in [5.74, 6) is 0.642. The third-order valence-corrected chi connectivity index (χ3v) is 5.11. The summed E-state index contributed by atoms with van der Waals surface area (Å²) in [5, 5.41) is 5.68. The number of nitrogens with zero attached hydrogens (tertiary/aromatic N) is 1. The smallest absolute Gasteiger partial charge is 0.354 e. The zero-order chi connectivity index (χ0) is 19.4. The summed E-state index contributed by atoms with van der Waals surface area (Å²) in [6.45, 7) is 0.294. The van der Waals surface area contributed by atoms with Gasteiger partial charge in [-0.25, -0.2) is 4.79 Å². The topological polar surface area (TPSA) is 78.8 Å². The Balaban J connectivity index is 1.76. The molecule has 3 aromatic rings. The fraction of sp³-hybridized carbons (Fsp3) is 0.263. The Morgan fingerprint density at radius 1 is 1.11 bits per heavy atom. The SMILES string of the molecule is COC(=O)c1cc2ccsc2n1CC(=O)NCc1cc(OC)ccc1OC. The van der Waals surface area contributed by atoms with Gasteiger partial charge in [0.2, 0.25) is 5.91 Å². The van der Waals surface area contributed by atoms with Gasteiger partial charge in [0.1, 0.15) is 28.6 Å². The molecule has 0 unspecified atom stereocenters. The van der Waals surface area contributed by atoms with E-state index in [1.807, 2.05) is 17.5 Å². The summed E-state index contributed by atoms with van der Waals surface area (Å²) in [6.07, 6.45) is 0. The third kappa shape index (κ3) is 3.90. The lowest BCUT2D eigenvalue weighted by Gasteiger charge is -2.12. The molecule has 0 atom stereocenters. The highest BCUT2D eigenvalue weighted by molar-refractivity contribution is 7.16. The molecule has 8 heteroatoms. The van der Waals surface area contributed by atoms with Crippen LogP contribution in [0.25, 0.3) is 10.2 Å². The molecule has 0 spiro atoms. The number of benzene rings is 1. The van der Waals surface area contributed by atoms with E-state index in [1.54, 1.807) is 37.0 Å². The van der Waals surface area contributed by atoms with Crippen LogP contribution in [-0.4, -0.2) is 37.8 Å². The maximum Gasteiger partial charge on any atom is 0.354 e. The molecule has 3 rings (SSSR count). The van der Waals surface area contributed by atoms with Gasteiger partial charge in [-0.2, -0.15) is 0 Å². The minimum Gasteiger partial charge on any atom is -0.497 e. The van der Waals surface area contributed by atoms with Gasteiger partial charge in [-0.05, 0) is 35.7 Å². The second kappa shape index (κ2) is 8.13. The summed E-state index contributed by atoms with van der Waals surface area (Å²) < 4.78 is 17.0. The van der Waals surface area contributed by atoms with E-state index in [4.69, 9.17) is 14.2 Å². The molecular weight excluding hydrogens is 368 g/mol. The minimum absolute atomic E-state index is 0.0146. The number of ether oxygens (including phenoxy) is 3. The van der Waals surface area contributed by atoms with Gasteiger partial charge in [0, 0.05) is 17.5 Å². The van der Waals surface area contributed by atoms with Crippen molar-refractivity contribution in [1.82, 2.24) is 9.88 Å². The number of carbonyl (C=O) groups excluding carboxylic acids is 2. The molecule has 0 aliphatic rings. The average molecular weight is 388 g/mol. The van der Waals surface area contributed by atoms with Gasteiger partial charge >= 0.3 is 5.97 Å². The Labute approximate surface area is 160 Å².